The molecule has 124 valence electrons. The molecule has 1 saturated heterocycles. The average molecular weight is 383 g/mol. The Balaban J connectivity index is 2.00. The van der Waals surface area contributed by atoms with Crippen LogP contribution in [0.4, 0.5) is 5.88 Å². The fourth-order valence-electron chi connectivity index (χ4n) is 2.78. The first-order chi connectivity index (χ1) is 11.0. The van der Waals surface area contributed by atoms with Crippen molar-refractivity contribution in [2.75, 3.05) is 45.3 Å². The number of carbonyl (C=O) groups excluding carboxylic acids is 1. The third kappa shape index (κ3) is 3.21. The van der Waals surface area contributed by atoms with E-state index in [0.717, 1.165) is 0 Å². The van der Waals surface area contributed by atoms with Gasteiger partial charge >= 0.3 is 0 Å². The number of rotatable bonds is 2. The lowest BCUT2D eigenvalue weighted by Crippen LogP contribution is -2.37. The van der Waals surface area contributed by atoms with Gasteiger partial charge in [0.05, 0.1) is 23.6 Å². The molecule has 3 rings (SSSR count). The molecule has 2 aliphatic rings. The van der Waals surface area contributed by atoms with Crippen LogP contribution in [0.5, 0.6) is 0 Å². The lowest BCUT2D eigenvalue weighted by atomic mass is 9.96. The number of anilines is 1. The van der Waals surface area contributed by atoms with Gasteiger partial charge < -0.3 is 19.0 Å². The Morgan fingerprint density at radius 2 is 2.04 bits per heavy atom. The van der Waals surface area contributed by atoms with Crippen LogP contribution in [0.3, 0.4) is 0 Å². The highest BCUT2D eigenvalue weighted by molar-refractivity contribution is 9.09. The maximum Gasteiger partial charge on any atom is 0.249 e. The number of likely N-dealkylation sites (N-methyl/N-ethyl adjacent to an activating group) is 1. The van der Waals surface area contributed by atoms with Crippen molar-refractivity contribution < 1.29 is 13.9 Å². The quantitative estimate of drug-likeness (QED) is 0.729. The summed E-state index contributed by atoms with van der Waals surface area (Å²) >= 11 is 3.55. The third-order valence-corrected chi connectivity index (χ3v) is 4.75. The van der Waals surface area contributed by atoms with Crippen LogP contribution >= 0.6 is 15.9 Å². The highest BCUT2D eigenvalue weighted by Crippen LogP contribution is 2.38. The Hall–Kier alpha value is -1.60. The number of ether oxygens (including phenoxy) is 1. The zero-order valence-corrected chi connectivity index (χ0v) is 14.8. The van der Waals surface area contributed by atoms with Gasteiger partial charge in [-0.1, -0.05) is 15.9 Å². The van der Waals surface area contributed by atoms with Crippen LogP contribution in [0, 0.1) is 0 Å². The van der Waals surface area contributed by atoms with Crippen molar-refractivity contribution in [3.05, 3.63) is 33.2 Å². The highest BCUT2D eigenvalue weighted by atomic mass is 79.9. The van der Waals surface area contributed by atoms with E-state index in [1.807, 2.05) is 4.90 Å². The van der Waals surface area contributed by atoms with Gasteiger partial charge in [-0.2, -0.15) is 0 Å². The molecule has 0 radical (unpaired) electrons. The number of nitrogens with zero attached hydrogens (tertiary/aromatic N) is 2. The number of hydrogen-bond acceptors (Lipinski definition) is 5. The smallest absolute Gasteiger partial charge is 0.249 e. The largest absolute Gasteiger partial charge is 0.443 e. The standard InChI is InChI=1S/C16H19BrN2O4/c1-18(2)16(21)10-7-11-13(20)9-14(19-3-5-22-6-4-19)23-15(11)12(17)8-10/h7,9,12H,3-6,8H2,1-2H3. The molecule has 0 N–H and O–H groups in total. The summed E-state index contributed by atoms with van der Waals surface area (Å²) in [5, 5.41) is 0. The number of hydrogen-bond donors (Lipinski definition) is 0. The molecule has 23 heavy (non-hydrogen) atoms. The molecule has 1 unspecified atom stereocenters. The first kappa shape index (κ1) is 16.3. The zero-order chi connectivity index (χ0) is 16.6. The zero-order valence-electron chi connectivity index (χ0n) is 13.2. The number of carbonyl (C=O) groups is 1. The van der Waals surface area contributed by atoms with E-state index in [0.29, 0.717) is 55.5 Å². The van der Waals surface area contributed by atoms with E-state index in [1.165, 1.54) is 11.0 Å². The minimum absolute atomic E-state index is 0.0863. The van der Waals surface area contributed by atoms with Gasteiger partial charge in [0.2, 0.25) is 5.91 Å². The molecule has 1 aromatic rings. The van der Waals surface area contributed by atoms with Gasteiger partial charge in [0.1, 0.15) is 5.76 Å². The molecule has 2 heterocycles. The van der Waals surface area contributed by atoms with Gasteiger partial charge in [0, 0.05) is 38.8 Å². The average Bonchev–Trinajstić information content (AvgIpc) is 2.55. The van der Waals surface area contributed by atoms with Crippen LogP contribution in [0.25, 0.3) is 6.08 Å². The summed E-state index contributed by atoms with van der Waals surface area (Å²) in [6.07, 6.45) is 2.16. The van der Waals surface area contributed by atoms with Gasteiger partial charge in [-0.3, -0.25) is 9.59 Å². The molecule has 7 heteroatoms. The fourth-order valence-corrected chi connectivity index (χ4v) is 3.47. The van der Waals surface area contributed by atoms with Crippen molar-refractivity contribution in [3.8, 4) is 0 Å². The predicted octanol–water partition coefficient (Wildman–Crippen LogP) is 1.79. The van der Waals surface area contributed by atoms with Crippen molar-refractivity contribution >= 4 is 33.8 Å². The molecule has 1 aliphatic carbocycles. The molecular formula is C16H19BrN2O4. The summed E-state index contributed by atoms with van der Waals surface area (Å²) in [5.74, 6) is 1.07. The Labute approximate surface area is 142 Å². The van der Waals surface area contributed by atoms with Gasteiger partial charge in [0.25, 0.3) is 0 Å². The van der Waals surface area contributed by atoms with Gasteiger partial charge in [-0.05, 0) is 12.5 Å². The lowest BCUT2D eigenvalue weighted by Gasteiger charge is -2.29. The van der Waals surface area contributed by atoms with Crippen molar-refractivity contribution in [2.45, 2.75) is 11.2 Å². The van der Waals surface area contributed by atoms with Crippen molar-refractivity contribution in [1.82, 2.24) is 4.90 Å². The van der Waals surface area contributed by atoms with Gasteiger partial charge in [-0.25, -0.2) is 0 Å². The van der Waals surface area contributed by atoms with Crippen LogP contribution in [-0.4, -0.2) is 51.2 Å². The molecular weight excluding hydrogens is 364 g/mol. The second-order valence-electron chi connectivity index (χ2n) is 5.87. The summed E-state index contributed by atoms with van der Waals surface area (Å²) in [5.41, 5.74) is 0.942. The predicted molar refractivity (Wildman–Crippen MR) is 91.0 cm³/mol. The number of fused-ring (bicyclic) bond motifs is 1. The van der Waals surface area contributed by atoms with Crippen LogP contribution in [0.1, 0.15) is 22.6 Å². The van der Waals surface area contributed by atoms with E-state index < -0.39 is 0 Å². The first-order valence-electron chi connectivity index (χ1n) is 7.54. The van der Waals surface area contributed by atoms with E-state index in [2.05, 4.69) is 15.9 Å². The van der Waals surface area contributed by atoms with Crippen molar-refractivity contribution in [1.29, 1.82) is 0 Å². The Morgan fingerprint density at radius 3 is 2.70 bits per heavy atom. The van der Waals surface area contributed by atoms with Gasteiger partial charge in [0.15, 0.2) is 11.3 Å². The number of amides is 1. The Bertz CT molecular complexity index is 705. The second kappa shape index (κ2) is 6.49. The third-order valence-electron chi connectivity index (χ3n) is 4.01. The van der Waals surface area contributed by atoms with Crippen LogP contribution in [0.15, 0.2) is 20.9 Å². The number of morpholine rings is 1. The molecule has 1 amide bonds. The summed E-state index contributed by atoms with van der Waals surface area (Å²) in [7, 11) is 3.40. The SMILES string of the molecule is CN(C)C(=O)C1=Cc2c(oc(N3CCOCC3)cc2=O)C(Br)C1. The van der Waals surface area contributed by atoms with Crippen LogP contribution < -0.4 is 10.3 Å². The minimum Gasteiger partial charge on any atom is -0.443 e. The molecule has 1 aromatic heterocycles. The fraction of sp³-hybridized carbons (Fsp3) is 0.500. The van der Waals surface area contributed by atoms with E-state index >= 15 is 0 Å². The number of alkyl halides is 1. The monoisotopic (exact) mass is 382 g/mol. The Kier molecular flexibility index (Phi) is 4.59. The number of halogens is 1. The maximum atomic E-state index is 12.5. The van der Waals surface area contributed by atoms with Crippen molar-refractivity contribution in [3.63, 3.8) is 0 Å². The summed E-state index contributed by atoms with van der Waals surface area (Å²) in [4.78, 5) is 28.0. The first-order valence-corrected chi connectivity index (χ1v) is 8.46. The summed E-state index contributed by atoms with van der Waals surface area (Å²) in [6, 6.07) is 1.50. The molecule has 1 aliphatic heterocycles. The van der Waals surface area contributed by atoms with Crippen LogP contribution in [0.2, 0.25) is 0 Å². The van der Waals surface area contributed by atoms with E-state index in [-0.39, 0.29) is 16.2 Å². The summed E-state index contributed by atoms with van der Waals surface area (Å²) < 4.78 is 11.3. The van der Waals surface area contributed by atoms with Crippen LogP contribution in [-0.2, 0) is 9.53 Å². The minimum atomic E-state index is -0.185. The highest BCUT2D eigenvalue weighted by Gasteiger charge is 2.29. The molecule has 1 fully saturated rings. The van der Waals surface area contributed by atoms with Crippen molar-refractivity contribution in [2.24, 2.45) is 0 Å². The Morgan fingerprint density at radius 1 is 1.35 bits per heavy atom. The van der Waals surface area contributed by atoms with Gasteiger partial charge in [-0.15, -0.1) is 0 Å². The molecule has 1 atom stereocenters. The normalized spacial score (nSPS) is 20.7. The molecule has 0 saturated carbocycles. The molecule has 0 aromatic carbocycles. The topological polar surface area (TPSA) is 63.0 Å². The molecule has 6 nitrogen and oxygen atoms in total. The van der Waals surface area contributed by atoms with E-state index in [1.54, 1.807) is 20.2 Å². The second-order valence-corrected chi connectivity index (χ2v) is 6.97. The summed E-state index contributed by atoms with van der Waals surface area (Å²) in [6.45, 7) is 2.66. The lowest BCUT2D eigenvalue weighted by molar-refractivity contribution is -0.124. The van der Waals surface area contributed by atoms with E-state index in [4.69, 9.17) is 9.15 Å². The molecule has 0 spiro atoms. The van der Waals surface area contributed by atoms with E-state index in [9.17, 15) is 9.59 Å². The molecule has 0 bridgehead atoms. The maximum absolute atomic E-state index is 12.5.